The van der Waals surface area contributed by atoms with E-state index in [0.717, 1.165) is 46.7 Å². The van der Waals surface area contributed by atoms with Crippen molar-refractivity contribution in [2.24, 2.45) is 10.9 Å². The molecule has 33 heavy (non-hydrogen) atoms. The van der Waals surface area contributed by atoms with E-state index in [1.54, 1.807) is 23.1 Å². The molecule has 1 aromatic carbocycles. The van der Waals surface area contributed by atoms with Gasteiger partial charge in [0.2, 0.25) is 0 Å². The Morgan fingerprint density at radius 3 is 2.73 bits per heavy atom. The molecule has 1 aliphatic carbocycles. The summed E-state index contributed by atoms with van der Waals surface area (Å²) in [5.74, 6) is 1.65. The lowest BCUT2D eigenvalue weighted by atomic mass is 9.88. The maximum atomic E-state index is 9.68. The lowest BCUT2D eigenvalue weighted by Crippen LogP contribution is -2.32. The second-order valence-corrected chi connectivity index (χ2v) is 11.6. The average molecular weight is 484 g/mol. The Morgan fingerprint density at radius 2 is 2.00 bits per heavy atom. The van der Waals surface area contributed by atoms with E-state index in [4.69, 9.17) is 4.98 Å². The van der Waals surface area contributed by atoms with Gasteiger partial charge in [-0.1, -0.05) is 57.8 Å². The molecular formula is C27H37N3OS2. The van der Waals surface area contributed by atoms with Crippen molar-refractivity contribution in [3.8, 4) is 0 Å². The molecule has 4 rings (SSSR count). The maximum absolute atomic E-state index is 9.68. The van der Waals surface area contributed by atoms with Crippen molar-refractivity contribution in [1.82, 2.24) is 4.98 Å². The second-order valence-electron chi connectivity index (χ2n) is 9.52. The highest BCUT2D eigenvalue weighted by Gasteiger charge is 2.24. The molecular weight excluding hydrogens is 446 g/mol. The second kappa shape index (κ2) is 11.6. The minimum atomic E-state index is -0.211. The first-order chi connectivity index (χ1) is 16.0. The zero-order chi connectivity index (χ0) is 23.2. The van der Waals surface area contributed by atoms with Crippen LogP contribution in [0.4, 0.5) is 5.69 Å². The van der Waals surface area contributed by atoms with Crippen LogP contribution in [0.3, 0.4) is 0 Å². The molecule has 1 N–H and O–H groups in total. The van der Waals surface area contributed by atoms with Crippen LogP contribution in [-0.4, -0.2) is 40.0 Å². The molecule has 2 aromatic rings. The summed E-state index contributed by atoms with van der Waals surface area (Å²) >= 11 is 3.35. The van der Waals surface area contributed by atoms with Crippen LogP contribution in [-0.2, 0) is 0 Å². The molecule has 0 amide bonds. The predicted molar refractivity (Wildman–Crippen MR) is 146 cm³/mol. The van der Waals surface area contributed by atoms with Crippen LogP contribution in [0.5, 0.6) is 0 Å². The number of nitrogens with zero attached hydrogens (tertiary/aromatic N) is 3. The van der Waals surface area contributed by atoms with Gasteiger partial charge < -0.3 is 10.0 Å². The number of fused-ring (bicyclic) bond motifs is 1. The maximum Gasteiger partial charge on any atom is 0.149 e. The van der Waals surface area contributed by atoms with Gasteiger partial charge in [0.15, 0.2) is 0 Å². The van der Waals surface area contributed by atoms with Gasteiger partial charge in [-0.3, -0.25) is 4.99 Å². The lowest BCUT2D eigenvalue weighted by Gasteiger charge is -2.32. The number of hydrogen-bond donors (Lipinski definition) is 1. The van der Waals surface area contributed by atoms with Gasteiger partial charge in [0.25, 0.3) is 0 Å². The van der Waals surface area contributed by atoms with E-state index in [-0.39, 0.29) is 11.8 Å². The van der Waals surface area contributed by atoms with Gasteiger partial charge in [-0.25, -0.2) is 4.98 Å². The zero-order valence-corrected chi connectivity index (χ0v) is 21.5. The third-order valence-electron chi connectivity index (χ3n) is 6.71. The number of aliphatic imine (C=N–C) groups is 1. The molecule has 1 aromatic heterocycles. The Hall–Kier alpha value is -1.79. The van der Waals surface area contributed by atoms with Gasteiger partial charge in [0.05, 0.1) is 10.2 Å². The van der Waals surface area contributed by atoms with E-state index < -0.39 is 0 Å². The summed E-state index contributed by atoms with van der Waals surface area (Å²) in [4.78, 5) is 12.0. The third-order valence-corrected chi connectivity index (χ3v) is 8.92. The highest BCUT2D eigenvalue weighted by molar-refractivity contribution is 8.15. The number of aromatic nitrogens is 1. The number of benzene rings is 1. The van der Waals surface area contributed by atoms with Crippen LogP contribution in [0.15, 0.2) is 47.7 Å². The number of rotatable bonds is 11. The van der Waals surface area contributed by atoms with Crippen molar-refractivity contribution < 1.29 is 5.11 Å². The highest BCUT2D eigenvalue weighted by Crippen LogP contribution is 2.34. The Balaban J connectivity index is 1.54. The number of anilines is 1. The van der Waals surface area contributed by atoms with Gasteiger partial charge in [0, 0.05) is 24.5 Å². The minimum Gasteiger partial charge on any atom is -0.511 e. The van der Waals surface area contributed by atoms with E-state index in [9.17, 15) is 5.11 Å². The van der Waals surface area contributed by atoms with Crippen molar-refractivity contribution >= 4 is 44.0 Å². The van der Waals surface area contributed by atoms with E-state index in [1.807, 2.05) is 0 Å². The smallest absolute Gasteiger partial charge is 0.149 e. The predicted octanol–water partition coefficient (Wildman–Crippen LogP) is 7.75. The number of aliphatic hydroxyl groups is 1. The molecule has 1 unspecified atom stereocenters. The zero-order valence-electron chi connectivity index (χ0n) is 19.9. The number of aliphatic hydroxyl groups excluding tert-OH is 1. The van der Waals surface area contributed by atoms with E-state index in [1.165, 1.54) is 67.3 Å². The van der Waals surface area contributed by atoms with E-state index >= 15 is 0 Å². The Kier molecular flexibility index (Phi) is 8.53. The third kappa shape index (κ3) is 6.42. The summed E-state index contributed by atoms with van der Waals surface area (Å²) < 4.78 is 1.20. The molecule has 0 bridgehead atoms. The summed E-state index contributed by atoms with van der Waals surface area (Å²) in [6.45, 7) is 12.4. The molecule has 178 valence electrons. The molecule has 1 saturated carbocycles. The van der Waals surface area contributed by atoms with Crippen LogP contribution in [0.25, 0.3) is 10.2 Å². The van der Waals surface area contributed by atoms with Crippen molar-refractivity contribution in [3.05, 3.63) is 47.7 Å². The molecule has 0 saturated heterocycles. The molecule has 1 aliphatic heterocycles. The van der Waals surface area contributed by atoms with Crippen LogP contribution < -0.4 is 4.90 Å². The fourth-order valence-corrected chi connectivity index (χ4v) is 6.93. The topological polar surface area (TPSA) is 48.7 Å². The monoisotopic (exact) mass is 483 g/mol. The molecule has 2 heterocycles. The SMILES string of the molecule is C=C(CCCCC)CN(CC1CCCCC1)c1ccc2nc(C3=NC(C(=C)O)CS3)sc2c1. The Morgan fingerprint density at radius 1 is 1.18 bits per heavy atom. The minimum absolute atomic E-state index is 0.137. The summed E-state index contributed by atoms with van der Waals surface area (Å²) in [5, 5.41) is 11.5. The summed E-state index contributed by atoms with van der Waals surface area (Å²) in [7, 11) is 0. The first-order valence-corrected chi connectivity index (χ1v) is 14.2. The van der Waals surface area contributed by atoms with E-state index in [0.29, 0.717) is 0 Å². The molecule has 0 radical (unpaired) electrons. The van der Waals surface area contributed by atoms with E-state index in [2.05, 4.69) is 48.2 Å². The number of thioether (sulfide) groups is 1. The average Bonchev–Trinajstić information content (AvgIpc) is 3.46. The van der Waals surface area contributed by atoms with Gasteiger partial charge >= 0.3 is 0 Å². The normalized spacial score (nSPS) is 19.1. The number of hydrogen-bond acceptors (Lipinski definition) is 6. The standard InChI is InChI=1S/C27H37N3OS2/c1-4-5-7-10-19(2)16-30(17-21-11-8-6-9-12-21)22-13-14-23-25(15-22)33-27(28-23)26-29-24(18-32-26)20(3)31/h13-15,21,24,31H,2-12,16-18H2,1H3. The molecule has 1 atom stereocenters. The number of thiazole rings is 1. The summed E-state index contributed by atoms with van der Waals surface area (Å²) in [6, 6.07) is 6.48. The molecule has 0 spiro atoms. The summed E-state index contributed by atoms with van der Waals surface area (Å²) in [5.41, 5.74) is 3.64. The quantitative estimate of drug-likeness (QED) is 0.202. The molecule has 2 aliphatic rings. The van der Waals surface area contributed by atoms with Gasteiger partial charge in [-0.2, -0.15) is 0 Å². The lowest BCUT2D eigenvalue weighted by molar-refractivity contribution is 0.359. The highest BCUT2D eigenvalue weighted by atomic mass is 32.2. The van der Waals surface area contributed by atoms with Gasteiger partial charge in [-0.05, 0) is 49.8 Å². The van der Waals surface area contributed by atoms with Crippen molar-refractivity contribution in [3.63, 3.8) is 0 Å². The summed E-state index contributed by atoms with van der Waals surface area (Å²) in [6.07, 6.45) is 11.7. The van der Waals surface area contributed by atoms with Gasteiger partial charge in [0.1, 0.15) is 21.9 Å². The van der Waals surface area contributed by atoms with Crippen LogP contribution in [0, 0.1) is 5.92 Å². The molecule has 4 nitrogen and oxygen atoms in total. The Labute approximate surface area is 206 Å². The first-order valence-electron chi connectivity index (χ1n) is 12.4. The Bertz CT molecular complexity index is 1010. The largest absolute Gasteiger partial charge is 0.511 e. The van der Waals surface area contributed by atoms with Crippen LogP contribution in [0.1, 0.15) is 69.7 Å². The van der Waals surface area contributed by atoms with Crippen LogP contribution in [0.2, 0.25) is 0 Å². The number of unbranched alkanes of at least 4 members (excludes halogenated alkanes) is 2. The van der Waals surface area contributed by atoms with Crippen molar-refractivity contribution in [2.45, 2.75) is 70.8 Å². The molecule has 6 heteroatoms. The van der Waals surface area contributed by atoms with Gasteiger partial charge in [-0.15, -0.1) is 23.1 Å². The first kappa shape index (κ1) is 24.3. The fraction of sp³-hybridized carbons (Fsp3) is 0.556. The van der Waals surface area contributed by atoms with Crippen molar-refractivity contribution in [2.75, 3.05) is 23.7 Å². The van der Waals surface area contributed by atoms with Crippen molar-refractivity contribution in [1.29, 1.82) is 0 Å². The van der Waals surface area contributed by atoms with Crippen LogP contribution >= 0.6 is 23.1 Å². The fourth-order valence-electron chi connectivity index (χ4n) is 4.78. The molecule has 1 fully saturated rings.